The van der Waals surface area contributed by atoms with Crippen molar-refractivity contribution in [2.45, 2.75) is 12.2 Å². The van der Waals surface area contributed by atoms with Gasteiger partial charge in [0, 0.05) is 11.8 Å². The number of alkyl halides is 4. The van der Waals surface area contributed by atoms with Gasteiger partial charge in [-0.2, -0.15) is 0 Å². The van der Waals surface area contributed by atoms with Crippen molar-refractivity contribution in [1.29, 1.82) is 0 Å². The van der Waals surface area contributed by atoms with Crippen LogP contribution in [0.5, 0.6) is 5.75 Å². The van der Waals surface area contributed by atoms with Gasteiger partial charge >= 0.3 is 6.36 Å². The minimum atomic E-state index is -4.80. The molecule has 2 rings (SSSR count). The summed E-state index contributed by atoms with van der Waals surface area (Å²) >= 11 is 6.44. The molecule has 1 aromatic carbocycles. The summed E-state index contributed by atoms with van der Waals surface area (Å²) in [5.74, 6) is -0.971. The molecule has 0 atom stereocenters. The second-order valence-corrected chi connectivity index (χ2v) is 4.73. The van der Waals surface area contributed by atoms with Gasteiger partial charge in [-0.15, -0.1) is 29.9 Å². The van der Waals surface area contributed by atoms with Crippen LogP contribution in [-0.2, 0) is 5.88 Å². The average molecular weight is 338 g/mol. The monoisotopic (exact) mass is 337 g/mol. The molecule has 1 heterocycles. The molecule has 0 bridgehead atoms. The van der Waals surface area contributed by atoms with E-state index in [1.165, 1.54) is 12.1 Å². The minimum absolute atomic E-state index is 0.0104. The Kier molecular flexibility index (Phi) is 4.63. The minimum Gasteiger partial charge on any atom is -0.406 e. The summed E-state index contributed by atoms with van der Waals surface area (Å²) in [4.78, 5) is 12.2. The van der Waals surface area contributed by atoms with Crippen LogP contribution >= 0.6 is 23.1 Å². The first-order valence-corrected chi connectivity index (χ1v) is 6.74. The summed E-state index contributed by atoms with van der Waals surface area (Å²) < 4.78 is 43.7. The van der Waals surface area contributed by atoms with E-state index in [1.54, 1.807) is 0 Å². The number of carbonyl (C=O) groups excluding carboxylic acids is 1. The summed E-state index contributed by atoms with van der Waals surface area (Å²) in [6.07, 6.45) is -4.80. The fraction of sp³-hybridized carbons (Fsp3) is 0.182. The number of nitrogens with zero attached hydrogens (tertiary/aromatic N) is 2. The maximum absolute atomic E-state index is 12.1. The van der Waals surface area contributed by atoms with Gasteiger partial charge in [0.1, 0.15) is 16.3 Å². The number of aromatic nitrogens is 2. The molecule has 0 aliphatic carbocycles. The summed E-state index contributed by atoms with van der Waals surface area (Å²) in [5, 5.41) is 6.10. The Balaban J connectivity index is 2.13. The van der Waals surface area contributed by atoms with E-state index in [2.05, 4.69) is 19.6 Å². The Morgan fingerprint density at radius 3 is 2.86 bits per heavy atom. The molecule has 10 heteroatoms. The van der Waals surface area contributed by atoms with Crippen molar-refractivity contribution in [1.82, 2.24) is 9.59 Å². The molecule has 21 heavy (non-hydrogen) atoms. The molecule has 0 fully saturated rings. The van der Waals surface area contributed by atoms with Crippen LogP contribution in [0.3, 0.4) is 0 Å². The van der Waals surface area contributed by atoms with Gasteiger partial charge in [-0.05, 0) is 23.7 Å². The molecule has 1 N–H and O–H groups in total. The number of ether oxygens (including phenoxy) is 1. The molecule has 112 valence electrons. The van der Waals surface area contributed by atoms with E-state index in [0.29, 0.717) is 5.69 Å². The molecular weight excluding hydrogens is 331 g/mol. The third-order valence-corrected chi connectivity index (χ3v) is 3.23. The Hall–Kier alpha value is -1.87. The Labute approximate surface area is 125 Å². The highest BCUT2D eigenvalue weighted by Crippen LogP contribution is 2.25. The predicted molar refractivity (Wildman–Crippen MR) is 70.5 cm³/mol. The van der Waals surface area contributed by atoms with E-state index >= 15 is 0 Å². The van der Waals surface area contributed by atoms with Crippen molar-refractivity contribution in [3.63, 3.8) is 0 Å². The lowest BCUT2D eigenvalue weighted by molar-refractivity contribution is -0.274. The van der Waals surface area contributed by atoms with E-state index in [-0.39, 0.29) is 16.4 Å². The van der Waals surface area contributed by atoms with Gasteiger partial charge in [-0.1, -0.05) is 10.6 Å². The summed E-state index contributed by atoms with van der Waals surface area (Å²) in [6, 6.07) is 4.93. The fourth-order valence-corrected chi connectivity index (χ4v) is 2.27. The van der Waals surface area contributed by atoms with Crippen LogP contribution in [0.1, 0.15) is 15.4 Å². The van der Waals surface area contributed by atoms with Crippen LogP contribution in [0, 0.1) is 0 Å². The third-order valence-electron chi connectivity index (χ3n) is 2.21. The van der Waals surface area contributed by atoms with Crippen LogP contribution in [0.4, 0.5) is 18.9 Å². The Bertz CT molecular complexity index is 648. The van der Waals surface area contributed by atoms with Gasteiger partial charge in [0.25, 0.3) is 5.91 Å². The van der Waals surface area contributed by atoms with Gasteiger partial charge < -0.3 is 10.1 Å². The SMILES string of the molecule is O=C(Nc1cccc(OC(F)(F)F)c1)c1snnc1CCl. The molecule has 0 saturated heterocycles. The molecule has 0 radical (unpaired) electrons. The van der Waals surface area contributed by atoms with Crippen LogP contribution in [-0.4, -0.2) is 21.9 Å². The first kappa shape index (κ1) is 15.5. The highest BCUT2D eigenvalue weighted by molar-refractivity contribution is 7.08. The number of anilines is 1. The lowest BCUT2D eigenvalue weighted by Crippen LogP contribution is -2.17. The highest BCUT2D eigenvalue weighted by Gasteiger charge is 2.31. The van der Waals surface area contributed by atoms with Gasteiger partial charge in [0.15, 0.2) is 0 Å². The highest BCUT2D eigenvalue weighted by atomic mass is 35.5. The van der Waals surface area contributed by atoms with Crippen molar-refractivity contribution >= 4 is 34.7 Å². The zero-order valence-electron chi connectivity index (χ0n) is 10.1. The molecule has 0 aliphatic rings. The number of carbonyl (C=O) groups is 1. The van der Waals surface area contributed by atoms with E-state index in [9.17, 15) is 18.0 Å². The molecule has 0 spiro atoms. The number of rotatable bonds is 4. The van der Waals surface area contributed by atoms with E-state index in [4.69, 9.17) is 11.6 Å². The predicted octanol–water partition coefficient (Wildman–Crippen LogP) is 3.43. The van der Waals surface area contributed by atoms with Crippen molar-refractivity contribution in [3.8, 4) is 5.75 Å². The number of amides is 1. The molecule has 0 unspecified atom stereocenters. The van der Waals surface area contributed by atoms with Crippen molar-refractivity contribution in [3.05, 3.63) is 34.8 Å². The second-order valence-electron chi connectivity index (χ2n) is 3.71. The molecule has 0 saturated carbocycles. The largest absolute Gasteiger partial charge is 0.573 e. The number of hydrogen-bond acceptors (Lipinski definition) is 5. The molecule has 0 aliphatic heterocycles. The maximum atomic E-state index is 12.1. The maximum Gasteiger partial charge on any atom is 0.573 e. The summed E-state index contributed by atoms with van der Waals surface area (Å²) in [7, 11) is 0. The van der Waals surface area contributed by atoms with E-state index < -0.39 is 18.0 Å². The lowest BCUT2D eigenvalue weighted by Gasteiger charge is -2.10. The lowest BCUT2D eigenvalue weighted by atomic mass is 10.3. The zero-order valence-corrected chi connectivity index (χ0v) is 11.7. The van der Waals surface area contributed by atoms with Gasteiger partial charge in [-0.25, -0.2) is 0 Å². The van der Waals surface area contributed by atoms with Crippen molar-refractivity contribution < 1.29 is 22.7 Å². The topological polar surface area (TPSA) is 64.1 Å². The first-order chi connectivity index (χ1) is 9.89. The normalized spacial score (nSPS) is 11.2. The number of nitrogens with one attached hydrogen (secondary N) is 1. The van der Waals surface area contributed by atoms with E-state index in [1.807, 2.05) is 0 Å². The quantitative estimate of drug-likeness (QED) is 0.868. The van der Waals surface area contributed by atoms with Crippen molar-refractivity contribution in [2.75, 3.05) is 5.32 Å². The standard InChI is InChI=1S/C11H7ClF3N3O2S/c12-5-8-9(21-18-17-8)10(19)16-6-2-1-3-7(4-6)20-11(13,14)15/h1-4H,5H2,(H,16,19). The Morgan fingerprint density at radius 2 is 2.19 bits per heavy atom. The van der Waals surface area contributed by atoms with Crippen LogP contribution in [0.15, 0.2) is 24.3 Å². The van der Waals surface area contributed by atoms with Crippen LogP contribution in [0.25, 0.3) is 0 Å². The van der Waals surface area contributed by atoms with Gasteiger partial charge in [-0.3, -0.25) is 4.79 Å². The number of benzene rings is 1. The zero-order chi connectivity index (χ0) is 15.5. The smallest absolute Gasteiger partial charge is 0.406 e. The van der Waals surface area contributed by atoms with Gasteiger partial charge in [0.2, 0.25) is 0 Å². The van der Waals surface area contributed by atoms with Crippen LogP contribution in [0.2, 0.25) is 0 Å². The van der Waals surface area contributed by atoms with E-state index in [0.717, 1.165) is 23.7 Å². The fourth-order valence-electron chi connectivity index (χ4n) is 1.43. The molecular formula is C11H7ClF3N3O2S. The summed E-state index contributed by atoms with van der Waals surface area (Å²) in [5.41, 5.74) is 0.456. The second kappa shape index (κ2) is 6.27. The molecule has 2 aromatic rings. The summed E-state index contributed by atoms with van der Waals surface area (Å²) in [6.45, 7) is 0. The molecule has 1 amide bonds. The van der Waals surface area contributed by atoms with Crippen LogP contribution < -0.4 is 10.1 Å². The Morgan fingerprint density at radius 1 is 1.43 bits per heavy atom. The molecule has 5 nitrogen and oxygen atoms in total. The van der Waals surface area contributed by atoms with Crippen molar-refractivity contribution in [2.24, 2.45) is 0 Å². The first-order valence-electron chi connectivity index (χ1n) is 5.43. The number of hydrogen-bond donors (Lipinski definition) is 1. The average Bonchev–Trinajstić information content (AvgIpc) is 2.85. The van der Waals surface area contributed by atoms with Gasteiger partial charge in [0.05, 0.1) is 5.88 Å². The third kappa shape index (κ3) is 4.30. The molecule has 1 aromatic heterocycles. The number of halogens is 4.